The van der Waals surface area contributed by atoms with Gasteiger partial charge < -0.3 is 0 Å². The molecule has 0 spiro atoms. The van der Waals surface area contributed by atoms with E-state index in [1.54, 1.807) is 6.07 Å². The van der Waals surface area contributed by atoms with Crippen molar-refractivity contribution >= 4 is 21.6 Å². The molecule has 0 bridgehead atoms. The van der Waals surface area contributed by atoms with Gasteiger partial charge in [0.1, 0.15) is 6.20 Å². The maximum atomic E-state index is 10.4. The molecule has 0 aliphatic rings. The minimum absolute atomic E-state index is 0.0378. The van der Waals surface area contributed by atoms with E-state index in [1.165, 1.54) is 12.3 Å². The van der Waals surface area contributed by atoms with E-state index in [4.69, 9.17) is 0 Å². The summed E-state index contributed by atoms with van der Waals surface area (Å²) >= 11 is 3.51. The normalized spacial score (nSPS) is 14.6. The van der Waals surface area contributed by atoms with Gasteiger partial charge in [-0.1, -0.05) is 29.8 Å². The first-order valence-electron chi connectivity index (χ1n) is 4.80. The molecule has 0 aromatic carbocycles. The van der Waals surface area contributed by atoms with Crippen LogP contribution in [0, 0.1) is 10.1 Å². The van der Waals surface area contributed by atoms with Gasteiger partial charge in [-0.05, 0) is 12.5 Å². The highest BCUT2D eigenvalue weighted by molar-refractivity contribution is 9.09. The summed E-state index contributed by atoms with van der Waals surface area (Å²) in [4.78, 5) is 14.4. The number of alkyl halides is 1. The molecule has 0 N–H and O–H groups in total. The van der Waals surface area contributed by atoms with Crippen molar-refractivity contribution in [3.8, 4) is 0 Å². The van der Waals surface area contributed by atoms with E-state index < -0.39 is 4.92 Å². The summed E-state index contributed by atoms with van der Waals surface area (Å²) in [5, 5.41) is 10.4. The highest BCUT2D eigenvalue weighted by atomic mass is 79.9. The van der Waals surface area contributed by atoms with Gasteiger partial charge in [-0.15, -0.1) is 0 Å². The Morgan fingerprint density at radius 3 is 2.60 bits per heavy atom. The Hall–Kier alpha value is -0.970. The van der Waals surface area contributed by atoms with Crippen LogP contribution in [0.4, 0.5) is 5.69 Å². The number of rotatable bonds is 4. The van der Waals surface area contributed by atoms with Crippen LogP contribution < -0.4 is 0 Å². The Labute approximate surface area is 97.0 Å². The molecule has 1 aromatic rings. The summed E-state index contributed by atoms with van der Waals surface area (Å²) in [6.45, 7) is 4.13. The standard InChI is InChI=1S/C10H13BrN2O2/c1-3-9(7(2)11)10-5-4-8(6-12-10)13(14)15/h4-7,9H,3H2,1-2H3. The number of aromatic nitrogens is 1. The van der Waals surface area contributed by atoms with E-state index in [1.807, 2.05) is 0 Å². The molecule has 1 rings (SSSR count). The van der Waals surface area contributed by atoms with Crippen LogP contribution in [0.1, 0.15) is 31.9 Å². The van der Waals surface area contributed by atoms with Crippen molar-refractivity contribution in [2.75, 3.05) is 0 Å². The second-order valence-electron chi connectivity index (χ2n) is 3.39. The molecule has 15 heavy (non-hydrogen) atoms. The lowest BCUT2D eigenvalue weighted by atomic mass is 9.99. The average molecular weight is 273 g/mol. The molecule has 0 amide bonds. The molecule has 0 aliphatic heterocycles. The summed E-state index contributed by atoms with van der Waals surface area (Å²) in [5.41, 5.74) is 0.934. The van der Waals surface area contributed by atoms with Gasteiger partial charge in [-0.25, -0.2) is 0 Å². The third-order valence-electron chi connectivity index (χ3n) is 2.36. The maximum absolute atomic E-state index is 10.4. The Balaban J connectivity index is 2.92. The molecule has 0 saturated carbocycles. The minimum Gasteiger partial charge on any atom is -0.258 e. The molecule has 0 aliphatic carbocycles. The molecular weight excluding hydrogens is 260 g/mol. The number of hydrogen-bond acceptors (Lipinski definition) is 3. The van der Waals surface area contributed by atoms with Gasteiger partial charge in [0.25, 0.3) is 5.69 Å². The lowest BCUT2D eigenvalue weighted by Gasteiger charge is -2.16. The van der Waals surface area contributed by atoms with Crippen molar-refractivity contribution < 1.29 is 4.92 Å². The summed E-state index contributed by atoms with van der Waals surface area (Å²) < 4.78 is 0. The smallest absolute Gasteiger partial charge is 0.258 e. The monoisotopic (exact) mass is 272 g/mol. The number of pyridine rings is 1. The van der Waals surface area contributed by atoms with Gasteiger partial charge >= 0.3 is 0 Å². The summed E-state index contributed by atoms with van der Waals surface area (Å²) in [6.07, 6.45) is 2.27. The van der Waals surface area contributed by atoms with Crippen LogP contribution in [0.15, 0.2) is 18.3 Å². The van der Waals surface area contributed by atoms with Crippen molar-refractivity contribution in [2.45, 2.75) is 31.0 Å². The third kappa shape index (κ3) is 2.99. The Morgan fingerprint density at radius 2 is 2.27 bits per heavy atom. The molecule has 82 valence electrons. The zero-order chi connectivity index (χ0) is 11.4. The molecular formula is C10H13BrN2O2. The van der Waals surface area contributed by atoms with Crippen LogP contribution in [-0.4, -0.2) is 14.7 Å². The van der Waals surface area contributed by atoms with Gasteiger partial charge in [-0.3, -0.25) is 15.1 Å². The Kier molecular flexibility index (Phi) is 4.20. The molecule has 0 radical (unpaired) electrons. The first-order chi connectivity index (χ1) is 7.06. The van der Waals surface area contributed by atoms with Gasteiger partial charge in [0.15, 0.2) is 0 Å². The van der Waals surface area contributed by atoms with E-state index in [2.05, 4.69) is 34.8 Å². The average Bonchev–Trinajstić information content (AvgIpc) is 2.19. The molecule has 2 unspecified atom stereocenters. The fourth-order valence-corrected chi connectivity index (χ4v) is 2.14. The Bertz CT molecular complexity index is 338. The molecule has 0 fully saturated rings. The van der Waals surface area contributed by atoms with Crippen LogP contribution in [0.2, 0.25) is 0 Å². The second-order valence-corrected chi connectivity index (χ2v) is 4.83. The molecule has 1 heterocycles. The third-order valence-corrected chi connectivity index (χ3v) is 2.99. The van der Waals surface area contributed by atoms with Crippen LogP contribution in [0.3, 0.4) is 0 Å². The highest BCUT2D eigenvalue weighted by Gasteiger charge is 2.17. The largest absolute Gasteiger partial charge is 0.287 e. The lowest BCUT2D eigenvalue weighted by molar-refractivity contribution is -0.385. The van der Waals surface area contributed by atoms with E-state index in [0.717, 1.165) is 12.1 Å². The van der Waals surface area contributed by atoms with E-state index in [-0.39, 0.29) is 5.69 Å². The maximum Gasteiger partial charge on any atom is 0.287 e. The van der Waals surface area contributed by atoms with Gasteiger partial charge in [0, 0.05) is 22.5 Å². The highest BCUT2D eigenvalue weighted by Crippen LogP contribution is 2.27. The van der Waals surface area contributed by atoms with E-state index in [9.17, 15) is 10.1 Å². The number of halogens is 1. The molecule has 1 aromatic heterocycles. The van der Waals surface area contributed by atoms with E-state index in [0.29, 0.717) is 10.7 Å². The molecule has 5 heteroatoms. The topological polar surface area (TPSA) is 56.0 Å². The first kappa shape index (κ1) is 12.1. The van der Waals surface area contributed by atoms with Crippen molar-refractivity contribution in [3.63, 3.8) is 0 Å². The van der Waals surface area contributed by atoms with Crippen molar-refractivity contribution in [3.05, 3.63) is 34.1 Å². The first-order valence-corrected chi connectivity index (χ1v) is 5.72. The van der Waals surface area contributed by atoms with Crippen molar-refractivity contribution in [1.29, 1.82) is 0 Å². The van der Waals surface area contributed by atoms with Gasteiger partial charge in [-0.2, -0.15) is 0 Å². The molecule has 4 nitrogen and oxygen atoms in total. The summed E-state index contributed by atoms with van der Waals surface area (Å²) in [7, 11) is 0. The zero-order valence-electron chi connectivity index (χ0n) is 8.68. The van der Waals surface area contributed by atoms with Gasteiger partial charge in [0.05, 0.1) is 4.92 Å². The molecule has 0 saturated heterocycles. The van der Waals surface area contributed by atoms with Gasteiger partial charge in [0.2, 0.25) is 0 Å². The second kappa shape index (κ2) is 5.21. The Morgan fingerprint density at radius 1 is 1.60 bits per heavy atom. The van der Waals surface area contributed by atoms with E-state index >= 15 is 0 Å². The predicted octanol–water partition coefficient (Wildman–Crippen LogP) is 3.27. The predicted molar refractivity (Wildman–Crippen MR) is 62.3 cm³/mol. The number of hydrogen-bond donors (Lipinski definition) is 0. The van der Waals surface area contributed by atoms with Crippen LogP contribution >= 0.6 is 15.9 Å². The van der Waals surface area contributed by atoms with Crippen LogP contribution in [0.5, 0.6) is 0 Å². The van der Waals surface area contributed by atoms with Crippen molar-refractivity contribution in [2.24, 2.45) is 0 Å². The van der Waals surface area contributed by atoms with Crippen LogP contribution in [-0.2, 0) is 0 Å². The fraction of sp³-hybridized carbons (Fsp3) is 0.500. The fourth-order valence-electron chi connectivity index (χ4n) is 1.49. The minimum atomic E-state index is -0.435. The summed E-state index contributed by atoms with van der Waals surface area (Å²) in [6, 6.07) is 3.23. The SMILES string of the molecule is CCC(c1ccc([N+](=O)[O-])cn1)C(C)Br. The number of nitrogens with zero attached hydrogens (tertiary/aromatic N) is 2. The lowest BCUT2D eigenvalue weighted by Crippen LogP contribution is -2.09. The summed E-state index contributed by atoms with van der Waals surface area (Å²) in [5.74, 6) is 0.297. The van der Waals surface area contributed by atoms with Crippen LogP contribution in [0.25, 0.3) is 0 Å². The van der Waals surface area contributed by atoms with Crippen molar-refractivity contribution in [1.82, 2.24) is 4.98 Å². The number of nitro groups is 1. The quantitative estimate of drug-likeness (QED) is 0.480. The molecule has 2 atom stereocenters. The zero-order valence-corrected chi connectivity index (χ0v) is 10.3.